The van der Waals surface area contributed by atoms with E-state index < -0.39 is 0 Å². The highest BCUT2D eigenvalue weighted by Crippen LogP contribution is 2.22. The van der Waals surface area contributed by atoms with Gasteiger partial charge in [0.2, 0.25) is 17.7 Å². The number of hydrogen-bond acceptors (Lipinski definition) is 6. The topological polar surface area (TPSA) is 73.1 Å². The molecule has 0 aliphatic rings. The average molecular weight is 248 g/mol. The number of pyridine rings is 1. The van der Waals surface area contributed by atoms with Gasteiger partial charge in [-0.15, -0.1) is 10.2 Å². The summed E-state index contributed by atoms with van der Waals surface area (Å²) in [5, 5.41) is 10.8. The lowest BCUT2D eigenvalue weighted by Gasteiger charge is -2.13. The van der Waals surface area contributed by atoms with Gasteiger partial charge >= 0.3 is 0 Å². The SMILES string of the molecule is Cc1nnc(CNc2cccnc2OC(C)C)o1. The molecule has 0 saturated carbocycles. The first kappa shape index (κ1) is 12.3. The lowest BCUT2D eigenvalue weighted by molar-refractivity contribution is 0.234. The zero-order valence-electron chi connectivity index (χ0n) is 10.7. The fourth-order valence-electron chi connectivity index (χ4n) is 1.42. The number of nitrogens with one attached hydrogen (secondary N) is 1. The van der Waals surface area contributed by atoms with Crippen LogP contribution in [0.25, 0.3) is 0 Å². The van der Waals surface area contributed by atoms with Gasteiger partial charge in [0, 0.05) is 13.1 Å². The minimum absolute atomic E-state index is 0.0751. The van der Waals surface area contributed by atoms with Crippen LogP contribution in [0, 0.1) is 6.92 Å². The van der Waals surface area contributed by atoms with Crippen molar-refractivity contribution in [1.82, 2.24) is 15.2 Å². The Hall–Kier alpha value is -2.11. The molecule has 0 saturated heterocycles. The highest BCUT2D eigenvalue weighted by molar-refractivity contribution is 5.51. The molecule has 0 fully saturated rings. The predicted octanol–water partition coefficient (Wildman–Crippen LogP) is 2.17. The van der Waals surface area contributed by atoms with E-state index in [4.69, 9.17) is 9.15 Å². The molecule has 18 heavy (non-hydrogen) atoms. The van der Waals surface area contributed by atoms with Gasteiger partial charge in [0.1, 0.15) is 0 Å². The summed E-state index contributed by atoms with van der Waals surface area (Å²) in [4.78, 5) is 4.18. The second-order valence-corrected chi connectivity index (χ2v) is 4.09. The molecular weight excluding hydrogens is 232 g/mol. The fraction of sp³-hybridized carbons (Fsp3) is 0.417. The van der Waals surface area contributed by atoms with Gasteiger partial charge in [-0.2, -0.15) is 0 Å². The first-order valence-electron chi connectivity index (χ1n) is 5.79. The summed E-state index contributed by atoms with van der Waals surface area (Å²) in [5.41, 5.74) is 0.807. The van der Waals surface area contributed by atoms with Crippen LogP contribution in [-0.2, 0) is 6.54 Å². The van der Waals surface area contributed by atoms with Gasteiger partial charge in [-0.25, -0.2) is 4.98 Å². The van der Waals surface area contributed by atoms with Gasteiger partial charge in [-0.1, -0.05) is 0 Å². The number of ether oxygens (including phenoxy) is 1. The summed E-state index contributed by atoms with van der Waals surface area (Å²) < 4.78 is 10.9. The van der Waals surface area contributed by atoms with Crippen molar-refractivity contribution in [1.29, 1.82) is 0 Å². The second-order valence-electron chi connectivity index (χ2n) is 4.09. The molecular formula is C12H16N4O2. The summed E-state index contributed by atoms with van der Waals surface area (Å²) in [6.07, 6.45) is 1.77. The molecule has 0 aliphatic carbocycles. The number of rotatable bonds is 5. The van der Waals surface area contributed by atoms with E-state index >= 15 is 0 Å². The maximum Gasteiger partial charge on any atom is 0.237 e. The molecule has 6 nitrogen and oxygen atoms in total. The number of anilines is 1. The molecule has 2 aromatic rings. The number of aryl methyl sites for hydroxylation is 1. The summed E-state index contributed by atoms with van der Waals surface area (Å²) >= 11 is 0. The van der Waals surface area contributed by atoms with Gasteiger partial charge < -0.3 is 14.5 Å². The summed E-state index contributed by atoms with van der Waals surface area (Å²) in [6.45, 7) is 6.12. The third-order valence-corrected chi connectivity index (χ3v) is 2.12. The van der Waals surface area contributed by atoms with Gasteiger partial charge in [-0.3, -0.25) is 0 Å². The smallest absolute Gasteiger partial charge is 0.237 e. The normalized spacial score (nSPS) is 10.7. The van der Waals surface area contributed by atoms with Gasteiger partial charge in [0.15, 0.2) is 0 Å². The Morgan fingerprint density at radius 1 is 1.39 bits per heavy atom. The molecule has 0 atom stereocenters. The van der Waals surface area contributed by atoms with Crippen LogP contribution in [-0.4, -0.2) is 21.3 Å². The van der Waals surface area contributed by atoms with Crippen molar-refractivity contribution in [3.63, 3.8) is 0 Å². The molecule has 1 N–H and O–H groups in total. The van der Waals surface area contributed by atoms with Crippen molar-refractivity contribution < 1.29 is 9.15 Å². The van der Waals surface area contributed by atoms with E-state index in [9.17, 15) is 0 Å². The van der Waals surface area contributed by atoms with E-state index in [1.165, 1.54) is 0 Å². The molecule has 2 heterocycles. The predicted molar refractivity (Wildman–Crippen MR) is 66.4 cm³/mol. The lowest BCUT2D eigenvalue weighted by atomic mass is 10.4. The van der Waals surface area contributed by atoms with Gasteiger partial charge in [0.25, 0.3) is 0 Å². The van der Waals surface area contributed by atoms with Gasteiger partial charge in [-0.05, 0) is 26.0 Å². The molecule has 6 heteroatoms. The van der Waals surface area contributed by atoms with E-state index in [0.29, 0.717) is 24.2 Å². The van der Waals surface area contributed by atoms with Crippen molar-refractivity contribution in [2.75, 3.05) is 5.32 Å². The average Bonchev–Trinajstić information content (AvgIpc) is 2.73. The van der Waals surface area contributed by atoms with Crippen LogP contribution < -0.4 is 10.1 Å². The second kappa shape index (κ2) is 5.48. The highest BCUT2D eigenvalue weighted by Gasteiger charge is 2.08. The molecule has 0 unspecified atom stereocenters. The zero-order valence-corrected chi connectivity index (χ0v) is 10.7. The Morgan fingerprint density at radius 3 is 2.89 bits per heavy atom. The van der Waals surface area contributed by atoms with Crippen LogP contribution in [0.3, 0.4) is 0 Å². The van der Waals surface area contributed by atoms with Crippen LogP contribution in [0.4, 0.5) is 5.69 Å². The van der Waals surface area contributed by atoms with Crippen molar-refractivity contribution in [2.45, 2.75) is 33.4 Å². The molecule has 2 rings (SSSR count). The van der Waals surface area contributed by atoms with Crippen LogP contribution >= 0.6 is 0 Å². The Balaban J connectivity index is 2.04. The minimum Gasteiger partial charge on any atom is -0.473 e. The first-order chi connectivity index (χ1) is 8.65. The maximum absolute atomic E-state index is 5.60. The van der Waals surface area contributed by atoms with E-state index in [-0.39, 0.29) is 6.10 Å². The third-order valence-electron chi connectivity index (χ3n) is 2.12. The molecule has 0 aromatic carbocycles. The van der Waals surface area contributed by atoms with Crippen molar-refractivity contribution in [3.8, 4) is 5.88 Å². The monoisotopic (exact) mass is 248 g/mol. The molecule has 96 valence electrons. The summed E-state index contributed by atoms with van der Waals surface area (Å²) in [6, 6.07) is 3.74. The molecule has 0 amide bonds. The standard InChI is InChI=1S/C12H16N4O2/c1-8(2)17-12-10(5-4-6-13-12)14-7-11-16-15-9(3)18-11/h4-6,8,14H,7H2,1-3H3. The molecule has 0 spiro atoms. The highest BCUT2D eigenvalue weighted by atomic mass is 16.5. The van der Waals surface area contributed by atoms with Crippen molar-refractivity contribution in [3.05, 3.63) is 30.1 Å². The molecule has 2 aromatic heterocycles. The van der Waals surface area contributed by atoms with Crippen LogP contribution in [0.5, 0.6) is 5.88 Å². The third kappa shape index (κ3) is 3.19. The van der Waals surface area contributed by atoms with Crippen LogP contribution in [0.2, 0.25) is 0 Å². The van der Waals surface area contributed by atoms with E-state index in [1.807, 2.05) is 26.0 Å². The van der Waals surface area contributed by atoms with E-state index in [2.05, 4.69) is 20.5 Å². The fourth-order valence-corrected chi connectivity index (χ4v) is 1.42. The van der Waals surface area contributed by atoms with Crippen molar-refractivity contribution in [2.24, 2.45) is 0 Å². The van der Waals surface area contributed by atoms with E-state index in [0.717, 1.165) is 5.69 Å². The molecule has 0 bridgehead atoms. The lowest BCUT2D eigenvalue weighted by Crippen LogP contribution is -2.10. The van der Waals surface area contributed by atoms with Crippen LogP contribution in [0.15, 0.2) is 22.7 Å². The quantitative estimate of drug-likeness (QED) is 0.874. The Bertz CT molecular complexity index is 510. The Morgan fingerprint density at radius 2 is 2.22 bits per heavy atom. The molecule has 0 aliphatic heterocycles. The Labute approximate surface area is 105 Å². The zero-order chi connectivity index (χ0) is 13.0. The Kier molecular flexibility index (Phi) is 3.76. The molecule has 0 radical (unpaired) electrons. The van der Waals surface area contributed by atoms with Crippen molar-refractivity contribution >= 4 is 5.69 Å². The first-order valence-corrected chi connectivity index (χ1v) is 5.79. The number of aromatic nitrogens is 3. The largest absolute Gasteiger partial charge is 0.473 e. The summed E-state index contributed by atoms with van der Waals surface area (Å²) in [5.74, 6) is 1.66. The maximum atomic E-state index is 5.60. The minimum atomic E-state index is 0.0751. The van der Waals surface area contributed by atoms with Gasteiger partial charge in [0.05, 0.1) is 18.3 Å². The number of nitrogens with zero attached hydrogens (tertiary/aromatic N) is 3. The van der Waals surface area contributed by atoms with Crippen LogP contribution in [0.1, 0.15) is 25.6 Å². The summed E-state index contributed by atoms with van der Waals surface area (Å²) in [7, 11) is 0. The van der Waals surface area contributed by atoms with E-state index in [1.54, 1.807) is 13.1 Å². The number of hydrogen-bond donors (Lipinski definition) is 1.